The number of carbonyl (C=O) groups is 1. The second kappa shape index (κ2) is 7.36. The molecule has 0 radical (unpaired) electrons. The first kappa shape index (κ1) is 14.9. The summed E-state index contributed by atoms with van der Waals surface area (Å²) >= 11 is 1.66. The van der Waals surface area contributed by atoms with Gasteiger partial charge in [0.15, 0.2) is 5.78 Å². The van der Waals surface area contributed by atoms with Gasteiger partial charge >= 0.3 is 0 Å². The van der Waals surface area contributed by atoms with E-state index in [0.29, 0.717) is 6.61 Å². The zero-order chi connectivity index (χ0) is 14.4. The molecule has 1 aromatic heterocycles. The second-order valence-electron chi connectivity index (χ2n) is 4.89. The lowest BCUT2D eigenvalue weighted by molar-refractivity contribution is 0.0756. The van der Waals surface area contributed by atoms with E-state index >= 15 is 0 Å². The fraction of sp³-hybridized carbons (Fsp3) is 0.353. The summed E-state index contributed by atoms with van der Waals surface area (Å²) in [4.78, 5) is 14.3. The highest BCUT2D eigenvalue weighted by Gasteiger charge is 2.11. The van der Waals surface area contributed by atoms with Crippen molar-refractivity contribution in [3.8, 4) is 0 Å². The number of aryl methyl sites for hydroxylation is 3. The van der Waals surface area contributed by atoms with Gasteiger partial charge in [-0.1, -0.05) is 30.3 Å². The van der Waals surface area contributed by atoms with Crippen LogP contribution in [0.25, 0.3) is 0 Å². The van der Waals surface area contributed by atoms with Crippen molar-refractivity contribution in [2.45, 2.75) is 26.7 Å². The summed E-state index contributed by atoms with van der Waals surface area (Å²) in [5.41, 5.74) is 2.13. The molecule has 2 aromatic rings. The van der Waals surface area contributed by atoms with Crippen molar-refractivity contribution in [2.75, 3.05) is 13.2 Å². The van der Waals surface area contributed by atoms with Crippen LogP contribution in [0.5, 0.6) is 0 Å². The van der Waals surface area contributed by atoms with Crippen LogP contribution in [0.1, 0.15) is 32.1 Å². The van der Waals surface area contributed by atoms with Gasteiger partial charge in [-0.25, -0.2) is 0 Å². The average molecular weight is 288 g/mol. The largest absolute Gasteiger partial charge is 0.373 e. The minimum Gasteiger partial charge on any atom is -0.373 e. The van der Waals surface area contributed by atoms with Crippen molar-refractivity contribution in [2.24, 2.45) is 0 Å². The Morgan fingerprint density at radius 3 is 2.60 bits per heavy atom. The van der Waals surface area contributed by atoms with Crippen molar-refractivity contribution in [1.82, 2.24) is 0 Å². The van der Waals surface area contributed by atoms with Crippen LogP contribution in [0.2, 0.25) is 0 Å². The van der Waals surface area contributed by atoms with Crippen molar-refractivity contribution < 1.29 is 9.53 Å². The smallest absolute Gasteiger partial charge is 0.189 e. The van der Waals surface area contributed by atoms with E-state index in [2.05, 4.69) is 12.1 Å². The molecule has 0 saturated heterocycles. The van der Waals surface area contributed by atoms with Gasteiger partial charge in [-0.2, -0.15) is 0 Å². The zero-order valence-electron chi connectivity index (χ0n) is 12.0. The van der Waals surface area contributed by atoms with Crippen LogP contribution in [0.4, 0.5) is 0 Å². The molecule has 0 amide bonds. The molecular weight excluding hydrogens is 268 g/mol. The van der Waals surface area contributed by atoms with E-state index in [9.17, 15) is 4.79 Å². The first-order valence-corrected chi connectivity index (χ1v) is 7.70. The van der Waals surface area contributed by atoms with Gasteiger partial charge < -0.3 is 4.74 Å². The highest BCUT2D eigenvalue weighted by atomic mass is 32.1. The van der Waals surface area contributed by atoms with Gasteiger partial charge in [0.25, 0.3) is 0 Å². The van der Waals surface area contributed by atoms with E-state index in [0.717, 1.165) is 23.3 Å². The van der Waals surface area contributed by atoms with Crippen LogP contribution in [-0.2, 0) is 11.2 Å². The molecule has 0 aliphatic rings. The molecule has 20 heavy (non-hydrogen) atoms. The average Bonchev–Trinajstić information content (AvgIpc) is 2.78. The molecule has 0 fully saturated rings. The maximum atomic E-state index is 12.0. The lowest BCUT2D eigenvalue weighted by atomic mass is 10.1. The summed E-state index contributed by atoms with van der Waals surface area (Å²) < 4.78 is 5.49. The van der Waals surface area contributed by atoms with Crippen molar-refractivity contribution >= 4 is 17.1 Å². The van der Waals surface area contributed by atoms with E-state index in [4.69, 9.17) is 4.74 Å². The van der Waals surface area contributed by atoms with E-state index in [1.807, 2.05) is 38.1 Å². The predicted octanol–water partition coefficient (Wildman–Crippen LogP) is 4.20. The molecule has 1 heterocycles. The topological polar surface area (TPSA) is 26.3 Å². The van der Waals surface area contributed by atoms with Crippen molar-refractivity contribution in [3.05, 3.63) is 57.3 Å². The quantitative estimate of drug-likeness (QED) is 0.564. The third-order valence-corrected chi connectivity index (χ3v) is 4.14. The lowest BCUT2D eigenvalue weighted by Gasteiger charge is -2.04. The molecule has 0 aliphatic heterocycles. The van der Waals surface area contributed by atoms with Gasteiger partial charge in [-0.05, 0) is 38.3 Å². The molecule has 0 spiro atoms. The van der Waals surface area contributed by atoms with E-state index < -0.39 is 0 Å². The minimum atomic E-state index is 0.0894. The van der Waals surface area contributed by atoms with Crippen LogP contribution in [0.3, 0.4) is 0 Å². The highest BCUT2D eigenvalue weighted by Crippen LogP contribution is 2.20. The van der Waals surface area contributed by atoms with Gasteiger partial charge in [-0.3, -0.25) is 4.79 Å². The number of ketones is 1. The summed E-state index contributed by atoms with van der Waals surface area (Å²) in [7, 11) is 0. The Morgan fingerprint density at radius 2 is 1.95 bits per heavy atom. The van der Waals surface area contributed by atoms with Crippen LogP contribution in [0.15, 0.2) is 36.4 Å². The number of Topliss-reactive ketones (excluding diaryl/α,β-unsaturated/α-hetero) is 1. The SMILES string of the molecule is Cc1cc(C(=O)COCCCc2ccccc2)c(C)s1. The van der Waals surface area contributed by atoms with Crippen LogP contribution >= 0.6 is 11.3 Å². The number of hydrogen-bond donors (Lipinski definition) is 0. The third-order valence-electron chi connectivity index (χ3n) is 3.17. The Hall–Kier alpha value is -1.45. The Labute approximate surface area is 124 Å². The Morgan fingerprint density at radius 1 is 1.20 bits per heavy atom. The fourth-order valence-corrected chi connectivity index (χ4v) is 3.12. The monoisotopic (exact) mass is 288 g/mol. The van der Waals surface area contributed by atoms with E-state index in [1.54, 1.807) is 11.3 Å². The predicted molar refractivity (Wildman–Crippen MR) is 83.7 cm³/mol. The van der Waals surface area contributed by atoms with Gasteiger partial charge in [0.1, 0.15) is 6.61 Å². The number of benzene rings is 1. The number of ether oxygens (including phenoxy) is 1. The highest BCUT2D eigenvalue weighted by molar-refractivity contribution is 7.12. The van der Waals surface area contributed by atoms with Crippen molar-refractivity contribution in [1.29, 1.82) is 0 Å². The lowest BCUT2D eigenvalue weighted by Crippen LogP contribution is -2.10. The summed E-state index contributed by atoms with van der Waals surface area (Å²) in [5, 5.41) is 0. The molecule has 0 saturated carbocycles. The summed E-state index contributed by atoms with van der Waals surface area (Å²) in [6.45, 7) is 4.82. The first-order chi connectivity index (χ1) is 9.66. The van der Waals surface area contributed by atoms with E-state index in [-0.39, 0.29) is 12.4 Å². The minimum absolute atomic E-state index is 0.0894. The third kappa shape index (κ3) is 4.29. The molecule has 2 rings (SSSR count). The molecule has 0 atom stereocenters. The van der Waals surface area contributed by atoms with Crippen molar-refractivity contribution in [3.63, 3.8) is 0 Å². The number of rotatable bonds is 7. The summed E-state index contributed by atoms with van der Waals surface area (Å²) in [5.74, 6) is 0.0894. The zero-order valence-corrected chi connectivity index (χ0v) is 12.8. The summed E-state index contributed by atoms with van der Waals surface area (Å²) in [6, 6.07) is 12.3. The standard InChI is InChI=1S/C17H20O2S/c1-13-11-16(14(2)20-13)17(18)12-19-10-6-9-15-7-4-3-5-8-15/h3-5,7-8,11H,6,9-10,12H2,1-2H3. The number of thiophene rings is 1. The van der Waals surface area contributed by atoms with Crippen LogP contribution in [-0.4, -0.2) is 19.0 Å². The molecular formula is C17H20O2S. The molecule has 2 nitrogen and oxygen atoms in total. The molecule has 0 N–H and O–H groups in total. The Kier molecular flexibility index (Phi) is 5.50. The molecule has 3 heteroatoms. The van der Waals surface area contributed by atoms with Gasteiger partial charge in [0.05, 0.1) is 0 Å². The maximum absolute atomic E-state index is 12.0. The number of carbonyl (C=O) groups excluding carboxylic acids is 1. The normalized spacial score (nSPS) is 10.7. The van der Waals surface area contributed by atoms with Gasteiger partial charge in [0, 0.05) is 21.9 Å². The van der Waals surface area contributed by atoms with Crippen LogP contribution in [0, 0.1) is 13.8 Å². The Balaban J connectivity index is 1.68. The maximum Gasteiger partial charge on any atom is 0.189 e. The number of hydrogen-bond acceptors (Lipinski definition) is 3. The van der Waals surface area contributed by atoms with E-state index in [1.165, 1.54) is 10.4 Å². The molecule has 106 valence electrons. The van der Waals surface area contributed by atoms with Crippen LogP contribution < -0.4 is 0 Å². The molecule has 0 unspecified atom stereocenters. The van der Waals surface area contributed by atoms with Gasteiger partial charge in [-0.15, -0.1) is 11.3 Å². The summed E-state index contributed by atoms with van der Waals surface area (Å²) in [6.07, 6.45) is 1.94. The molecule has 0 bridgehead atoms. The first-order valence-electron chi connectivity index (χ1n) is 6.88. The molecule has 1 aromatic carbocycles. The van der Waals surface area contributed by atoms with Gasteiger partial charge in [0.2, 0.25) is 0 Å². The Bertz CT molecular complexity index is 558. The molecule has 0 aliphatic carbocycles. The fourth-order valence-electron chi connectivity index (χ4n) is 2.17. The second-order valence-corrected chi connectivity index (χ2v) is 6.35.